The van der Waals surface area contributed by atoms with Crippen LogP contribution in [0.3, 0.4) is 0 Å². The predicted octanol–water partition coefficient (Wildman–Crippen LogP) is 4.19. The van der Waals surface area contributed by atoms with Gasteiger partial charge in [0.15, 0.2) is 5.78 Å². The van der Waals surface area contributed by atoms with Gasteiger partial charge < -0.3 is 0 Å². The lowest BCUT2D eigenvalue weighted by atomic mass is 10.1. The highest BCUT2D eigenvalue weighted by Crippen LogP contribution is 2.29. The molecule has 0 aliphatic carbocycles. The first-order chi connectivity index (χ1) is 9.08. The lowest BCUT2D eigenvalue weighted by molar-refractivity contribution is 0.101. The second-order valence-corrected chi connectivity index (χ2v) is 5.63. The molecule has 1 aromatic carbocycles. The minimum atomic E-state index is 0.0615. The molecule has 0 atom stereocenters. The third-order valence-corrected chi connectivity index (χ3v) is 4.40. The SMILES string of the molecule is CC(=O)c1cncc(CSc2c(C)cccc2C)c1. The van der Waals surface area contributed by atoms with Gasteiger partial charge in [-0.25, -0.2) is 0 Å². The summed E-state index contributed by atoms with van der Waals surface area (Å²) in [6.07, 6.45) is 3.45. The van der Waals surface area contributed by atoms with Gasteiger partial charge in [0.2, 0.25) is 0 Å². The number of benzene rings is 1. The molecule has 1 heterocycles. The van der Waals surface area contributed by atoms with Crippen molar-refractivity contribution in [2.24, 2.45) is 0 Å². The minimum Gasteiger partial charge on any atom is -0.294 e. The Morgan fingerprint density at radius 3 is 2.53 bits per heavy atom. The largest absolute Gasteiger partial charge is 0.294 e. The van der Waals surface area contributed by atoms with E-state index in [1.807, 2.05) is 12.3 Å². The Morgan fingerprint density at radius 1 is 1.21 bits per heavy atom. The molecule has 0 radical (unpaired) electrons. The molecular weight excluding hydrogens is 254 g/mol. The molecule has 0 bridgehead atoms. The van der Waals surface area contributed by atoms with E-state index in [1.165, 1.54) is 16.0 Å². The van der Waals surface area contributed by atoms with Crippen molar-refractivity contribution in [2.75, 3.05) is 0 Å². The number of pyridine rings is 1. The maximum absolute atomic E-state index is 11.3. The van der Waals surface area contributed by atoms with Gasteiger partial charge >= 0.3 is 0 Å². The molecule has 0 N–H and O–H groups in total. The highest BCUT2D eigenvalue weighted by Gasteiger charge is 2.05. The van der Waals surface area contributed by atoms with E-state index in [2.05, 4.69) is 37.0 Å². The zero-order valence-electron chi connectivity index (χ0n) is 11.4. The number of carbonyl (C=O) groups is 1. The number of ketones is 1. The van der Waals surface area contributed by atoms with Crippen LogP contribution < -0.4 is 0 Å². The van der Waals surface area contributed by atoms with Crippen LogP contribution in [0, 0.1) is 13.8 Å². The van der Waals surface area contributed by atoms with Gasteiger partial charge in [-0.15, -0.1) is 11.8 Å². The van der Waals surface area contributed by atoms with Crippen LogP contribution in [0.5, 0.6) is 0 Å². The quantitative estimate of drug-likeness (QED) is 0.617. The van der Waals surface area contributed by atoms with E-state index in [-0.39, 0.29) is 5.78 Å². The van der Waals surface area contributed by atoms with E-state index in [0.717, 1.165) is 11.3 Å². The van der Waals surface area contributed by atoms with Gasteiger partial charge in [-0.1, -0.05) is 18.2 Å². The van der Waals surface area contributed by atoms with Crippen LogP contribution in [0.4, 0.5) is 0 Å². The number of aromatic nitrogens is 1. The molecule has 2 nitrogen and oxygen atoms in total. The number of aryl methyl sites for hydroxylation is 2. The normalized spacial score (nSPS) is 10.5. The van der Waals surface area contributed by atoms with Crippen LogP contribution >= 0.6 is 11.8 Å². The minimum absolute atomic E-state index is 0.0615. The van der Waals surface area contributed by atoms with E-state index in [9.17, 15) is 4.79 Å². The number of hydrogen-bond acceptors (Lipinski definition) is 3. The molecule has 0 aliphatic rings. The number of thioether (sulfide) groups is 1. The molecule has 1 aromatic heterocycles. The number of carbonyl (C=O) groups excluding carboxylic acids is 1. The van der Waals surface area contributed by atoms with E-state index in [0.29, 0.717) is 5.56 Å². The zero-order valence-corrected chi connectivity index (χ0v) is 12.3. The summed E-state index contributed by atoms with van der Waals surface area (Å²) in [5.41, 5.74) is 4.35. The smallest absolute Gasteiger partial charge is 0.161 e. The molecule has 0 saturated carbocycles. The predicted molar refractivity (Wildman–Crippen MR) is 79.7 cm³/mol. The summed E-state index contributed by atoms with van der Waals surface area (Å²) in [6.45, 7) is 5.82. The highest BCUT2D eigenvalue weighted by atomic mass is 32.2. The van der Waals surface area contributed by atoms with Crippen LogP contribution in [0.1, 0.15) is 34.0 Å². The molecule has 19 heavy (non-hydrogen) atoms. The molecule has 2 rings (SSSR count). The van der Waals surface area contributed by atoms with Gasteiger partial charge in [0.25, 0.3) is 0 Å². The Morgan fingerprint density at radius 2 is 1.89 bits per heavy atom. The average Bonchev–Trinajstić information content (AvgIpc) is 2.38. The number of nitrogens with zero attached hydrogens (tertiary/aromatic N) is 1. The van der Waals surface area contributed by atoms with E-state index < -0.39 is 0 Å². The lowest BCUT2D eigenvalue weighted by Crippen LogP contribution is -1.95. The van der Waals surface area contributed by atoms with Crippen LogP contribution in [0.25, 0.3) is 0 Å². The third-order valence-electron chi connectivity index (χ3n) is 2.99. The number of Topliss-reactive ketones (excluding diaryl/α,β-unsaturated/α-hetero) is 1. The van der Waals surface area contributed by atoms with Gasteiger partial charge in [0.1, 0.15) is 0 Å². The van der Waals surface area contributed by atoms with Gasteiger partial charge in [-0.3, -0.25) is 9.78 Å². The van der Waals surface area contributed by atoms with Crippen molar-refractivity contribution in [1.29, 1.82) is 0 Å². The second-order valence-electron chi connectivity index (χ2n) is 4.65. The van der Waals surface area contributed by atoms with Crippen molar-refractivity contribution >= 4 is 17.5 Å². The standard InChI is InChI=1S/C16H17NOS/c1-11-5-4-6-12(2)16(11)19-10-14-7-15(13(3)18)9-17-8-14/h4-9H,10H2,1-3H3. The summed E-state index contributed by atoms with van der Waals surface area (Å²) in [5.74, 6) is 0.895. The molecule has 0 spiro atoms. The topological polar surface area (TPSA) is 30.0 Å². The van der Waals surface area contributed by atoms with Crippen molar-refractivity contribution in [3.05, 3.63) is 58.9 Å². The molecule has 0 aliphatic heterocycles. The van der Waals surface area contributed by atoms with Gasteiger partial charge in [0, 0.05) is 28.6 Å². The summed E-state index contributed by atoms with van der Waals surface area (Å²) in [6, 6.07) is 8.25. The molecule has 98 valence electrons. The summed E-state index contributed by atoms with van der Waals surface area (Å²) in [4.78, 5) is 16.8. The summed E-state index contributed by atoms with van der Waals surface area (Å²) >= 11 is 1.80. The number of rotatable bonds is 4. The number of hydrogen-bond donors (Lipinski definition) is 0. The van der Waals surface area contributed by atoms with Gasteiger partial charge in [-0.05, 0) is 43.5 Å². The zero-order chi connectivity index (χ0) is 13.8. The molecule has 3 heteroatoms. The average molecular weight is 271 g/mol. The fourth-order valence-electron chi connectivity index (χ4n) is 1.94. The van der Waals surface area contributed by atoms with Crippen molar-refractivity contribution in [3.63, 3.8) is 0 Å². The van der Waals surface area contributed by atoms with Gasteiger partial charge in [-0.2, -0.15) is 0 Å². The van der Waals surface area contributed by atoms with Crippen molar-refractivity contribution in [1.82, 2.24) is 4.98 Å². The molecule has 0 amide bonds. The Kier molecular flexibility index (Phi) is 4.38. The maximum atomic E-state index is 11.3. The molecular formula is C16H17NOS. The third kappa shape index (κ3) is 3.44. The summed E-state index contributed by atoms with van der Waals surface area (Å²) in [7, 11) is 0. The first-order valence-electron chi connectivity index (χ1n) is 6.22. The fraction of sp³-hybridized carbons (Fsp3) is 0.250. The van der Waals surface area contributed by atoms with Crippen molar-refractivity contribution < 1.29 is 4.79 Å². The Balaban J connectivity index is 2.15. The molecule has 0 unspecified atom stereocenters. The van der Waals surface area contributed by atoms with Crippen LogP contribution in [-0.2, 0) is 5.75 Å². The van der Waals surface area contributed by atoms with Crippen LogP contribution in [-0.4, -0.2) is 10.8 Å². The molecule has 0 fully saturated rings. The Hall–Kier alpha value is -1.61. The van der Waals surface area contributed by atoms with Crippen molar-refractivity contribution in [2.45, 2.75) is 31.4 Å². The molecule has 0 saturated heterocycles. The van der Waals surface area contributed by atoms with Crippen molar-refractivity contribution in [3.8, 4) is 0 Å². The second kappa shape index (κ2) is 6.02. The first-order valence-corrected chi connectivity index (χ1v) is 7.20. The lowest BCUT2D eigenvalue weighted by Gasteiger charge is -2.09. The summed E-state index contributed by atoms with van der Waals surface area (Å²) in [5, 5.41) is 0. The van der Waals surface area contributed by atoms with Crippen LogP contribution in [0.15, 0.2) is 41.6 Å². The van der Waals surface area contributed by atoms with E-state index in [4.69, 9.17) is 0 Å². The first kappa shape index (κ1) is 13.8. The monoisotopic (exact) mass is 271 g/mol. The van der Waals surface area contributed by atoms with Crippen LogP contribution in [0.2, 0.25) is 0 Å². The summed E-state index contributed by atoms with van der Waals surface area (Å²) < 4.78 is 0. The highest BCUT2D eigenvalue weighted by molar-refractivity contribution is 7.98. The fourth-order valence-corrected chi connectivity index (χ4v) is 3.00. The maximum Gasteiger partial charge on any atom is 0.161 e. The van der Waals surface area contributed by atoms with Gasteiger partial charge in [0.05, 0.1) is 0 Å². The van der Waals surface area contributed by atoms with E-state index >= 15 is 0 Å². The molecule has 2 aromatic rings. The van der Waals surface area contributed by atoms with E-state index in [1.54, 1.807) is 24.9 Å². The Labute approximate surface area is 118 Å². The Bertz CT molecular complexity index is 587.